The lowest BCUT2D eigenvalue weighted by molar-refractivity contribution is 0.0730. The molecule has 0 saturated carbocycles. The molecule has 0 atom stereocenters. The molecular formula is C15H25N3O6S. The van der Waals surface area contributed by atoms with Crippen LogP contribution in [0.4, 0.5) is 4.79 Å². The molecule has 0 unspecified atom stereocenters. The van der Waals surface area contributed by atoms with Gasteiger partial charge in [0.25, 0.3) is 0 Å². The number of carbonyl (C=O) groups is 1. The van der Waals surface area contributed by atoms with Crippen molar-refractivity contribution in [2.24, 2.45) is 0 Å². The molecule has 2 amide bonds. The van der Waals surface area contributed by atoms with Crippen LogP contribution in [0.3, 0.4) is 0 Å². The van der Waals surface area contributed by atoms with Crippen LogP contribution in [-0.4, -0.2) is 70.5 Å². The van der Waals surface area contributed by atoms with Crippen molar-refractivity contribution in [3.8, 4) is 0 Å². The van der Waals surface area contributed by atoms with Gasteiger partial charge in [0, 0.05) is 32.8 Å². The molecule has 1 aromatic rings. The third-order valence-electron chi connectivity index (χ3n) is 3.58. The first-order chi connectivity index (χ1) is 12.1. The van der Waals surface area contributed by atoms with Gasteiger partial charge in [0.1, 0.15) is 12.4 Å². The van der Waals surface area contributed by atoms with Crippen molar-refractivity contribution < 1.29 is 27.1 Å². The highest BCUT2D eigenvalue weighted by Gasteiger charge is 2.23. The van der Waals surface area contributed by atoms with E-state index in [1.165, 1.54) is 4.31 Å². The average Bonchev–Trinajstić information content (AvgIpc) is 3.12. The second kappa shape index (κ2) is 10.4. The lowest BCUT2D eigenvalue weighted by Crippen LogP contribution is -2.45. The Balaban J connectivity index is 1.49. The summed E-state index contributed by atoms with van der Waals surface area (Å²) < 4.78 is 41.2. The quantitative estimate of drug-likeness (QED) is 0.563. The minimum absolute atomic E-state index is 0.0700. The Hall–Kier alpha value is -1.62. The van der Waals surface area contributed by atoms with E-state index in [1.54, 1.807) is 12.3 Å². The molecular weight excluding hydrogens is 350 g/mol. The van der Waals surface area contributed by atoms with E-state index < -0.39 is 10.0 Å². The number of nitrogens with zero attached hydrogens (tertiary/aromatic N) is 1. The number of hydrogen-bond acceptors (Lipinski definition) is 6. The van der Waals surface area contributed by atoms with E-state index >= 15 is 0 Å². The fourth-order valence-electron chi connectivity index (χ4n) is 2.25. The number of nitrogens with one attached hydrogen (secondary N) is 2. The van der Waals surface area contributed by atoms with Crippen LogP contribution in [-0.2, 0) is 26.1 Å². The standard InChI is InChI=1S/C15H25N3O6S/c19-15(16-4-2-8-23-13-14-3-1-9-24-14)17-5-12-25(20,21)18-6-10-22-11-7-18/h1,3,9H,2,4-8,10-13H2,(H2,16,17,19). The van der Waals surface area contributed by atoms with Crippen LogP contribution in [0.15, 0.2) is 22.8 Å². The summed E-state index contributed by atoms with van der Waals surface area (Å²) in [5.41, 5.74) is 0. The number of ether oxygens (including phenoxy) is 2. The van der Waals surface area contributed by atoms with Crippen LogP contribution in [0.1, 0.15) is 12.2 Å². The highest BCUT2D eigenvalue weighted by atomic mass is 32.2. The number of rotatable bonds is 10. The van der Waals surface area contributed by atoms with Crippen molar-refractivity contribution in [3.63, 3.8) is 0 Å². The molecule has 1 saturated heterocycles. The van der Waals surface area contributed by atoms with Gasteiger partial charge in [-0.25, -0.2) is 13.2 Å². The molecule has 2 heterocycles. The smallest absolute Gasteiger partial charge is 0.314 e. The van der Waals surface area contributed by atoms with E-state index in [-0.39, 0.29) is 18.3 Å². The number of sulfonamides is 1. The van der Waals surface area contributed by atoms with E-state index in [1.807, 2.05) is 6.07 Å². The van der Waals surface area contributed by atoms with Gasteiger partial charge in [0.2, 0.25) is 10.0 Å². The van der Waals surface area contributed by atoms with Crippen LogP contribution in [0.2, 0.25) is 0 Å². The molecule has 2 rings (SSSR count). The molecule has 1 fully saturated rings. The number of amides is 2. The monoisotopic (exact) mass is 375 g/mol. The summed E-state index contributed by atoms with van der Waals surface area (Å²) in [6, 6.07) is 3.24. The average molecular weight is 375 g/mol. The Morgan fingerprint density at radius 1 is 1.24 bits per heavy atom. The molecule has 0 bridgehead atoms. The number of carbonyl (C=O) groups excluding carboxylic acids is 1. The zero-order chi connectivity index (χ0) is 18.0. The van der Waals surface area contributed by atoms with Gasteiger partial charge in [0.05, 0.1) is 25.2 Å². The van der Waals surface area contributed by atoms with Crippen LogP contribution >= 0.6 is 0 Å². The van der Waals surface area contributed by atoms with Crippen LogP contribution in [0.25, 0.3) is 0 Å². The van der Waals surface area contributed by atoms with Crippen molar-refractivity contribution >= 4 is 16.1 Å². The van der Waals surface area contributed by atoms with Crippen molar-refractivity contribution in [1.82, 2.24) is 14.9 Å². The van der Waals surface area contributed by atoms with Crippen LogP contribution in [0.5, 0.6) is 0 Å². The molecule has 0 aromatic carbocycles. The first kappa shape index (κ1) is 19.7. The normalized spacial score (nSPS) is 15.8. The SMILES string of the molecule is O=C(NCCCOCc1ccco1)NCCS(=O)(=O)N1CCOCC1. The summed E-state index contributed by atoms with van der Waals surface area (Å²) in [5, 5.41) is 5.21. The van der Waals surface area contributed by atoms with Gasteiger partial charge in [-0.05, 0) is 18.6 Å². The summed E-state index contributed by atoms with van der Waals surface area (Å²) in [6.07, 6.45) is 2.24. The van der Waals surface area contributed by atoms with Crippen molar-refractivity contribution in [2.45, 2.75) is 13.0 Å². The van der Waals surface area contributed by atoms with Gasteiger partial charge in [-0.15, -0.1) is 0 Å². The van der Waals surface area contributed by atoms with E-state index in [4.69, 9.17) is 13.9 Å². The second-order valence-electron chi connectivity index (χ2n) is 5.50. The molecule has 1 aliphatic heterocycles. The summed E-state index contributed by atoms with van der Waals surface area (Å²) in [7, 11) is -3.35. The predicted molar refractivity (Wildman–Crippen MR) is 90.6 cm³/mol. The molecule has 2 N–H and O–H groups in total. The first-order valence-corrected chi connectivity index (χ1v) is 9.86. The summed E-state index contributed by atoms with van der Waals surface area (Å²) >= 11 is 0. The zero-order valence-electron chi connectivity index (χ0n) is 14.1. The molecule has 1 aliphatic rings. The Morgan fingerprint density at radius 2 is 2.00 bits per heavy atom. The van der Waals surface area contributed by atoms with Gasteiger partial charge < -0.3 is 24.5 Å². The maximum Gasteiger partial charge on any atom is 0.314 e. The molecule has 142 valence electrons. The Labute approximate surface area is 147 Å². The van der Waals surface area contributed by atoms with E-state index in [2.05, 4.69) is 10.6 Å². The van der Waals surface area contributed by atoms with Gasteiger partial charge in [-0.1, -0.05) is 0 Å². The van der Waals surface area contributed by atoms with E-state index in [0.717, 1.165) is 5.76 Å². The lowest BCUT2D eigenvalue weighted by Gasteiger charge is -2.26. The van der Waals surface area contributed by atoms with Gasteiger partial charge >= 0.3 is 6.03 Å². The summed E-state index contributed by atoms with van der Waals surface area (Å²) in [6.45, 7) is 2.97. The first-order valence-electron chi connectivity index (χ1n) is 8.25. The van der Waals surface area contributed by atoms with Crippen LogP contribution < -0.4 is 10.6 Å². The summed E-state index contributed by atoms with van der Waals surface area (Å²) in [4.78, 5) is 11.6. The summed E-state index contributed by atoms with van der Waals surface area (Å²) in [5.74, 6) is 0.638. The topological polar surface area (TPSA) is 110 Å². The lowest BCUT2D eigenvalue weighted by atomic mass is 10.4. The van der Waals surface area contributed by atoms with E-state index in [9.17, 15) is 13.2 Å². The molecule has 0 radical (unpaired) electrons. The Kier molecular flexibility index (Phi) is 8.19. The fraction of sp³-hybridized carbons (Fsp3) is 0.667. The highest BCUT2D eigenvalue weighted by Crippen LogP contribution is 2.05. The van der Waals surface area contributed by atoms with Gasteiger partial charge in [0.15, 0.2) is 0 Å². The van der Waals surface area contributed by atoms with E-state index in [0.29, 0.717) is 52.5 Å². The van der Waals surface area contributed by atoms with Crippen molar-refractivity contribution in [1.29, 1.82) is 0 Å². The molecule has 10 heteroatoms. The largest absolute Gasteiger partial charge is 0.467 e. The number of hydrogen-bond donors (Lipinski definition) is 2. The zero-order valence-corrected chi connectivity index (χ0v) is 14.9. The maximum atomic E-state index is 12.1. The highest BCUT2D eigenvalue weighted by molar-refractivity contribution is 7.89. The predicted octanol–water partition coefficient (Wildman–Crippen LogP) is 0.148. The molecule has 0 aliphatic carbocycles. The molecule has 0 spiro atoms. The molecule has 9 nitrogen and oxygen atoms in total. The number of furan rings is 1. The molecule has 25 heavy (non-hydrogen) atoms. The third-order valence-corrected chi connectivity index (χ3v) is 5.46. The minimum Gasteiger partial charge on any atom is -0.467 e. The van der Waals surface area contributed by atoms with Crippen molar-refractivity contribution in [2.75, 3.05) is 51.8 Å². The second-order valence-corrected chi connectivity index (χ2v) is 7.58. The van der Waals surface area contributed by atoms with Crippen molar-refractivity contribution in [3.05, 3.63) is 24.2 Å². The Bertz CT molecular complexity index is 599. The van der Waals surface area contributed by atoms with Crippen LogP contribution in [0, 0.1) is 0 Å². The fourth-order valence-corrected chi connectivity index (χ4v) is 3.58. The Morgan fingerprint density at radius 3 is 2.72 bits per heavy atom. The van der Waals surface area contributed by atoms with Gasteiger partial charge in [-0.3, -0.25) is 0 Å². The minimum atomic E-state index is -3.35. The number of urea groups is 1. The van der Waals surface area contributed by atoms with Gasteiger partial charge in [-0.2, -0.15) is 4.31 Å². The number of morpholine rings is 1. The maximum absolute atomic E-state index is 12.1. The third kappa shape index (κ3) is 7.43. The molecule has 1 aromatic heterocycles.